The molecule has 1 fully saturated rings. The van der Waals surface area contributed by atoms with Crippen LogP contribution in [0.3, 0.4) is 0 Å². The fraction of sp³-hybridized carbons (Fsp3) is 0.615. The van der Waals surface area contributed by atoms with Gasteiger partial charge in [0, 0.05) is 24.3 Å². The van der Waals surface area contributed by atoms with Crippen LogP contribution in [0.4, 0.5) is 0 Å². The first-order valence-corrected chi connectivity index (χ1v) is 6.92. The third kappa shape index (κ3) is 4.96. The Morgan fingerprint density at radius 3 is 2.42 bits per heavy atom. The van der Waals surface area contributed by atoms with Crippen LogP contribution in [0.2, 0.25) is 0 Å². The molecule has 1 aliphatic rings. The van der Waals surface area contributed by atoms with Gasteiger partial charge in [0.25, 0.3) is 0 Å². The number of esters is 1. The number of carbonyl (C=O) groups excluding carboxylic acids is 3. The van der Waals surface area contributed by atoms with Crippen molar-refractivity contribution in [2.24, 2.45) is 11.8 Å². The average molecular weight is 307 g/mol. The largest absolute Gasteiger partial charge is 0.459 e. The number of hydrogen-bond acceptors (Lipinski definition) is 4. The monoisotopic (exact) mass is 306 g/mol. The fourth-order valence-corrected chi connectivity index (χ4v) is 2.91. The smallest absolute Gasteiger partial charge is 0.330 e. The standard InChI is InChI=1S/C13H16Cl2O4/c1-2-12(17)19-10-6-4-3-5-8(10)9(13(15)18)7-11(14)16/h2,8-10H,1,3-7H2. The molecule has 0 N–H and O–H groups in total. The molecule has 106 valence electrons. The number of halogens is 2. The van der Waals surface area contributed by atoms with E-state index < -0.39 is 28.5 Å². The van der Waals surface area contributed by atoms with Gasteiger partial charge in [0.1, 0.15) is 6.10 Å². The molecule has 3 unspecified atom stereocenters. The summed E-state index contributed by atoms with van der Waals surface area (Å²) in [5.41, 5.74) is 0. The third-order valence-electron chi connectivity index (χ3n) is 3.38. The maximum Gasteiger partial charge on any atom is 0.330 e. The zero-order valence-electron chi connectivity index (χ0n) is 10.4. The highest BCUT2D eigenvalue weighted by atomic mass is 35.5. The van der Waals surface area contributed by atoms with Crippen molar-refractivity contribution >= 4 is 39.7 Å². The molecular weight excluding hydrogens is 291 g/mol. The van der Waals surface area contributed by atoms with E-state index >= 15 is 0 Å². The van der Waals surface area contributed by atoms with Gasteiger partial charge in [-0.25, -0.2) is 4.79 Å². The van der Waals surface area contributed by atoms with Gasteiger partial charge in [-0.15, -0.1) is 0 Å². The lowest BCUT2D eigenvalue weighted by molar-refractivity contribution is -0.150. The van der Waals surface area contributed by atoms with Crippen molar-refractivity contribution in [1.82, 2.24) is 0 Å². The minimum absolute atomic E-state index is 0.128. The van der Waals surface area contributed by atoms with Crippen LogP contribution in [-0.2, 0) is 19.1 Å². The Morgan fingerprint density at radius 1 is 1.26 bits per heavy atom. The van der Waals surface area contributed by atoms with Crippen LogP contribution in [0.5, 0.6) is 0 Å². The SMILES string of the molecule is C=CC(=O)OC1CCCCC1C(CC(=O)Cl)C(=O)Cl. The summed E-state index contributed by atoms with van der Waals surface area (Å²) in [6.07, 6.45) is 3.69. The molecule has 0 spiro atoms. The molecule has 0 aromatic carbocycles. The third-order valence-corrected chi connectivity index (χ3v) is 3.81. The van der Waals surface area contributed by atoms with Crippen molar-refractivity contribution < 1.29 is 19.1 Å². The van der Waals surface area contributed by atoms with Gasteiger partial charge in [-0.1, -0.05) is 13.0 Å². The van der Waals surface area contributed by atoms with Gasteiger partial charge in [0.15, 0.2) is 0 Å². The summed E-state index contributed by atoms with van der Waals surface area (Å²) in [4.78, 5) is 33.8. The second-order valence-corrected chi connectivity index (χ2v) is 5.39. The van der Waals surface area contributed by atoms with Crippen LogP contribution in [-0.4, -0.2) is 22.6 Å². The Morgan fingerprint density at radius 2 is 1.89 bits per heavy atom. The maximum atomic E-state index is 11.5. The van der Waals surface area contributed by atoms with E-state index in [2.05, 4.69) is 6.58 Å². The second-order valence-electron chi connectivity index (χ2n) is 4.60. The Labute approximate surface area is 122 Å². The van der Waals surface area contributed by atoms with Crippen LogP contribution < -0.4 is 0 Å². The van der Waals surface area contributed by atoms with Crippen molar-refractivity contribution in [3.63, 3.8) is 0 Å². The van der Waals surface area contributed by atoms with E-state index in [0.29, 0.717) is 12.8 Å². The quantitative estimate of drug-likeness (QED) is 0.430. The van der Waals surface area contributed by atoms with Crippen molar-refractivity contribution in [2.45, 2.75) is 38.2 Å². The molecule has 1 saturated carbocycles. The Bertz CT molecular complexity index is 381. The first-order valence-electron chi connectivity index (χ1n) is 6.16. The maximum absolute atomic E-state index is 11.5. The number of hydrogen-bond donors (Lipinski definition) is 0. The van der Waals surface area contributed by atoms with E-state index in [1.807, 2.05) is 0 Å². The highest BCUT2D eigenvalue weighted by Gasteiger charge is 2.38. The van der Waals surface area contributed by atoms with Gasteiger partial charge < -0.3 is 4.74 Å². The molecule has 0 heterocycles. The van der Waals surface area contributed by atoms with Gasteiger partial charge in [-0.05, 0) is 42.5 Å². The molecule has 0 radical (unpaired) electrons. The van der Waals surface area contributed by atoms with Crippen molar-refractivity contribution in [2.75, 3.05) is 0 Å². The van der Waals surface area contributed by atoms with E-state index in [1.54, 1.807) is 0 Å². The van der Waals surface area contributed by atoms with Crippen LogP contribution in [0.15, 0.2) is 12.7 Å². The summed E-state index contributed by atoms with van der Waals surface area (Å²) in [5.74, 6) is -1.49. The Hall–Kier alpha value is -0.870. The van der Waals surface area contributed by atoms with E-state index in [-0.39, 0.29) is 12.3 Å². The highest BCUT2D eigenvalue weighted by Crippen LogP contribution is 2.35. The molecule has 1 aliphatic carbocycles. The molecule has 0 aromatic rings. The zero-order chi connectivity index (χ0) is 14.4. The lowest BCUT2D eigenvalue weighted by Crippen LogP contribution is -2.37. The highest BCUT2D eigenvalue weighted by molar-refractivity contribution is 6.66. The lowest BCUT2D eigenvalue weighted by atomic mass is 9.77. The van der Waals surface area contributed by atoms with Crippen LogP contribution in [0.1, 0.15) is 32.1 Å². The molecule has 4 nitrogen and oxygen atoms in total. The minimum Gasteiger partial charge on any atom is -0.459 e. The predicted octanol–water partition coefficient (Wildman–Crippen LogP) is 2.81. The molecule has 6 heteroatoms. The summed E-state index contributed by atoms with van der Waals surface area (Å²) < 4.78 is 5.24. The van der Waals surface area contributed by atoms with E-state index in [9.17, 15) is 14.4 Å². The Kier molecular flexibility index (Phi) is 6.52. The van der Waals surface area contributed by atoms with Gasteiger partial charge in [-0.2, -0.15) is 0 Å². The molecular formula is C13H16Cl2O4. The van der Waals surface area contributed by atoms with Gasteiger partial charge >= 0.3 is 5.97 Å². The van der Waals surface area contributed by atoms with E-state index in [4.69, 9.17) is 27.9 Å². The topological polar surface area (TPSA) is 60.4 Å². The molecule has 0 bridgehead atoms. The first-order chi connectivity index (χ1) is 8.95. The Balaban J connectivity index is 2.82. The molecule has 0 aliphatic heterocycles. The van der Waals surface area contributed by atoms with Crippen molar-refractivity contribution in [3.8, 4) is 0 Å². The van der Waals surface area contributed by atoms with E-state index in [0.717, 1.165) is 18.9 Å². The van der Waals surface area contributed by atoms with Crippen LogP contribution in [0.25, 0.3) is 0 Å². The minimum atomic E-state index is -0.699. The summed E-state index contributed by atoms with van der Waals surface area (Å²) in [6, 6.07) is 0. The van der Waals surface area contributed by atoms with Crippen molar-refractivity contribution in [3.05, 3.63) is 12.7 Å². The van der Waals surface area contributed by atoms with Gasteiger partial charge in [-0.3, -0.25) is 9.59 Å². The summed E-state index contributed by atoms with van der Waals surface area (Å²) in [5, 5.41) is -1.22. The van der Waals surface area contributed by atoms with Crippen LogP contribution in [0, 0.1) is 11.8 Å². The van der Waals surface area contributed by atoms with Crippen LogP contribution >= 0.6 is 23.2 Å². The van der Waals surface area contributed by atoms with Gasteiger partial charge in [0.05, 0.1) is 0 Å². The average Bonchev–Trinajstić information content (AvgIpc) is 2.36. The second kappa shape index (κ2) is 7.65. The summed E-state index contributed by atoms with van der Waals surface area (Å²) in [7, 11) is 0. The number of rotatable bonds is 6. The van der Waals surface area contributed by atoms with E-state index in [1.165, 1.54) is 0 Å². The summed E-state index contributed by atoms with van der Waals surface area (Å²) in [6.45, 7) is 3.34. The number of carbonyl (C=O) groups is 3. The predicted molar refractivity (Wildman–Crippen MR) is 71.9 cm³/mol. The zero-order valence-corrected chi connectivity index (χ0v) is 12.0. The first kappa shape index (κ1) is 16.2. The van der Waals surface area contributed by atoms with Crippen molar-refractivity contribution in [1.29, 1.82) is 0 Å². The summed E-state index contributed by atoms with van der Waals surface area (Å²) >= 11 is 10.9. The lowest BCUT2D eigenvalue weighted by Gasteiger charge is -2.34. The van der Waals surface area contributed by atoms with Gasteiger partial charge in [0.2, 0.25) is 10.5 Å². The fourth-order valence-electron chi connectivity index (χ4n) is 2.50. The normalized spacial score (nSPS) is 24.3. The molecule has 3 atom stereocenters. The molecule has 0 saturated heterocycles. The molecule has 1 rings (SSSR count). The molecule has 19 heavy (non-hydrogen) atoms. The molecule has 0 amide bonds. The molecule has 0 aromatic heterocycles. The number of ether oxygens (including phenoxy) is 1.